The lowest BCUT2D eigenvalue weighted by Crippen LogP contribution is -2.00. The third kappa shape index (κ3) is 5.43. The van der Waals surface area contributed by atoms with E-state index in [0.717, 1.165) is 32.1 Å². The zero-order valence-corrected chi connectivity index (χ0v) is 13.4. The maximum Gasteiger partial charge on any atom is 0.263 e. The van der Waals surface area contributed by atoms with Gasteiger partial charge in [-0.3, -0.25) is 4.79 Å². The Morgan fingerprint density at radius 2 is 1.91 bits per heavy atom. The maximum atomic E-state index is 12.0. The summed E-state index contributed by atoms with van der Waals surface area (Å²) in [6.07, 6.45) is 6.90. The quantitative estimate of drug-likeness (QED) is 0.356. The van der Waals surface area contributed by atoms with E-state index in [1.807, 2.05) is 6.07 Å². The monoisotopic (exact) mass is 314 g/mol. The summed E-state index contributed by atoms with van der Waals surface area (Å²) in [5, 5.41) is 2.87. The second-order valence-electron chi connectivity index (χ2n) is 5.68. The van der Waals surface area contributed by atoms with Crippen LogP contribution in [0.2, 0.25) is 0 Å². The Bertz CT molecular complexity index is 622. The predicted octanol–water partition coefficient (Wildman–Crippen LogP) is 4.88. The van der Waals surface area contributed by atoms with Crippen molar-refractivity contribution in [3.8, 4) is 0 Å². The molecule has 23 heavy (non-hydrogen) atoms. The molecule has 1 unspecified atom stereocenters. The normalized spacial score (nSPS) is 12.0. The van der Waals surface area contributed by atoms with Gasteiger partial charge < -0.3 is 4.42 Å². The first kappa shape index (κ1) is 17.1. The molecule has 0 radical (unpaired) electrons. The number of oxazole rings is 1. The lowest BCUT2D eigenvalue weighted by atomic mass is 10.0. The van der Waals surface area contributed by atoms with Crippen LogP contribution < -0.4 is 0 Å². The van der Waals surface area contributed by atoms with E-state index >= 15 is 0 Å². The molecule has 1 atom stereocenters. The van der Waals surface area contributed by atoms with Gasteiger partial charge in [0.1, 0.15) is 18.0 Å². The molecule has 2 aromatic rings. The first-order valence-electron chi connectivity index (χ1n) is 8.05. The highest BCUT2D eigenvalue weighted by Crippen LogP contribution is 2.17. The fourth-order valence-electron chi connectivity index (χ4n) is 2.38. The van der Waals surface area contributed by atoms with Crippen molar-refractivity contribution in [1.29, 1.82) is 0 Å². The van der Waals surface area contributed by atoms with Crippen molar-refractivity contribution in [2.45, 2.75) is 51.5 Å². The summed E-state index contributed by atoms with van der Waals surface area (Å²) in [5.74, 6) is -0.0304. The van der Waals surface area contributed by atoms with Gasteiger partial charge in [-0.1, -0.05) is 48.4 Å². The van der Waals surface area contributed by atoms with Crippen molar-refractivity contribution in [3.05, 3.63) is 58.7 Å². The van der Waals surface area contributed by atoms with E-state index in [4.69, 9.17) is 4.42 Å². The minimum absolute atomic E-state index is 0.0831. The Morgan fingerprint density at radius 1 is 1.17 bits per heavy atom. The molecule has 1 aromatic heterocycles. The molecule has 0 amide bonds. The Kier molecular flexibility index (Phi) is 6.66. The fraction of sp³-hybridized carbons (Fsp3) is 0.444. The number of aromatic nitrogens is 1. The van der Waals surface area contributed by atoms with Crippen molar-refractivity contribution in [1.82, 2.24) is 4.98 Å². The molecule has 0 N–H and O–H groups in total. The first-order chi connectivity index (χ1) is 11.2. The zero-order valence-electron chi connectivity index (χ0n) is 13.4. The molecule has 0 spiro atoms. The number of unbranched alkanes of at least 4 members (excludes halogenated alkanes) is 3. The smallest absolute Gasteiger partial charge is 0.263 e. The van der Waals surface area contributed by atoms with Crippen molar-refractivity contribution in [2.24, 2.45) is 5.18 Å². The summed E-state index contributed by atoms with van der Waals surface area (Å²) in [7, 11) is 0. The second kappa shape index (κ2) is 8.98. The van der Waals surface area contributed by atoms with Crippen molar-refractivity contribution < 1.29 is 9.21 Å². The highest BCUT2D eigenvalue weighted by molar-refractivity contribution is 5.91. The molecule has 1 aromatic carbocycles. The Morgan fingerprint density at radius 3 is 2.65 bits per heavy atom. The third-order valence-electron chi connectivity index (χ3n) is 3.81. The molecule has 122 valence electrons. The van der Waals surface area contributed by atoms with Crippen LogP contribution in [0.3, 0.4) is 0 Å². The van der Waals surface area contributed by atoms with Gasteiger partial charge in [-0.05, 0) is 31.7 Å². The van der Waals surface area contributed by atoms with E-state index in [-0.39, 0.29) is 11.7 Å². The van der Waals surface area contributed by atoms with Crippen LogP contribution in [-0.2, 0) is 6.42 Å². The topological polar surface area (TPSA) is 72.5 Å². The van der Waals surface area contributed by atoms with Crippen LogP contribution in [0.15, 0.2) is 46.2 Å². The van der Waals surface area contributed by atoms with E-state index in [2.05, 4.69) is 34.4 Å². The van der Waals surface area contributed by atoms with Gasteiger partial charge in [-0.2, -0.15) is 4.91 Å². The standard InChI is InChI=1S/C18H22N2O3/c1-14(20-22)16-13-23-18(19-16)17(21)12-8-3-2-5-9-15-10-6-4-7-11-15/h4,6-7,10-11,13-14H,2-3,5,8-9,12H2,1H3. The minimum atomic E-state index is -0.585. The van der Waals surface area contributed by atoms with Crippen LogP contribution in [0.25, 0.3) is 0 Å². The zero-order chi connectivity index (χ0) is 16.5. The molecule has 2 rings (SSSR count). The Hall–Kier alpha value is -2.30. The molecule has 1 heterocycles. The number of carbonyl (C=O) groups is 1. The largest absolute Gasteiger partial charge is 0.442 e. The number of nitroso groups, excluding NO2 is 1. The van der Waals surface area contributed by atoms with Crippen molar-refractivity contribution in [3.63, 3.8) is 0 Å². The van der Waals surface area contributed by atoms with Crippen molar-refractivity contribution >= 4 is 5.78 Å². The number of Topliss-reactive ketones (excluding diaryl/α,β-unsaturated/α-hetero) is 1. The van der Waals surface area contributed by atoms with Gasteiger partial charge in [-0.15, -0.1) is 0 Å². The van der Waals surface area contributed by atoms with E-state index in [1.165, 1.54) is 11.8 Å². The number of ketones is 1. The van der Waals surface area contributed by atoms with Crippen LogP contribution in [0.5, 0.6) is 0 Å². The molecule has 0 bridgehead atoms. The van der Waals surface area contributed by atoms with Gasteiger partial charge in [0, 0.05) is 6.42 Å². The summed E-state index contributed by atoms with van der Waals surface area (Å²) in [4.78, 5) is 26.4. The number of carbonyl (C=O) groups excluding carboxylic acids is 1. The number of rotatable bonds is 10. The van der Waals surface area contributed by atoms with Gasteiger partial charge in [0.2, 0.25) is 5.78 Å². The summed E-state index contributed by atoms with van der Waals surface area (Å²) in [6.45, 7) is 1.62. The molecule has 5 nitrogen and oxygen atoms in total. The number of hydrogen-bond donors (Lipinski definition) is 0. The van der Waals surface area contributed by atoms with Gasteiger partial charge in [0.15, 0.2) is 0 Å². The molecule has 0 aliphatic heterocycles. The highest BCUT2D eigenvalue weighted by atomic mass is 16.3. The van der Waals surface area contributed by atoms with Gasteiger partial charge in [0.05, 0.1) is 0 Å². The average Bonchev–Trinajstić information content (AvgIpc) is 3.08. The maximum absolute atomic E-state index is 12.0. The van der Waals surface area contributed by atoms with Crippen LogP contribution >= 0.6 is 0 Å². The Labute approximate surface area is 136 Å². The van der Waals surface area contributed by atoms with Crippen molar-refractivity contribution in [2.75, 3.05) is 0 Å². The summed E-state index contributed by atoms with van der Waals surface area (Å²) < 4.78 is 5.13. The SMILES string of the molecule is CC(N=O)c1coc(C(=O)CCCCCCc2ccccc2)n1. The number of hydrogen-bond acceptors (Lipinski definition) is 5. The lowest BCUT2D eigenvalue weighted by Gasteiger charge is -2.01. The second-order valence-corrected chi connectivity index (χ2v) is 5.68. The molecule has 0 saturated carbocycles. The summed E-state index contributed by atoms with van der Waals surface area (Å²) in [5.41, 5.74) is 1.76. The van der Waals surface area contributed by atoms with E-state index in [0.29, 0.717) is 12.1 Å². The van der Waals surface area contributed by atoms with Crippen LogP contribution in [0, 0.1) is 4.91 Å². The van der Waals surface area contributed by atoms with Gasteiger partial charge >= 0.3 is 0 Å². The third-order valence-corrected chi connectivity index (χ3v) is 3.81. The van der Waals surface area contributed by atoms with E-state index < -0.39 is 6.04 Å². The molecular weight excluding hydrogens is 292 g/mol. The number of nitrogens with zero attached hydrogens (tertiary/aromatic N) is 2. The molecule has 5 heteroatoms. The minimum Gasteiger partial charge on any atom is -0.442 e. The first-order valence-corrected chi connectivity index (χ1v) is 8.05. The van der Waals surface area contributed by atoms with Gasteiger partial charge in [-0.25, -0.2) is 4.98 Å². The molecular formula is C18H22N2O3. The summed E-state index contributed by atoms with van der Waals surface area (Å²) >= 11 is 0. The fourth-order valence-corrected chi connectivity index (χ4v) is 2.38. The number of aryl methyl sites for hydroxylation is 1. The van der Waals surface area contributed by atoms with Crippen LogP contribution in [-0.4, -0.2) is 10.8 Å². The number of benzene rings is 1. The molecule has 0 fully saturated rings. The molecule has 0 aliphatic rings. The molecule has 0 aliphatic carbocycles. The Balaban J connectivity index is 1.63. The molecule has 0 saturated heterocycles. The lowest BCUT2D eigenvalue weighted by molar-refractivity contribution is 0.0945. The van der Waals surface area contributed by atoms with Gasteiger partial charge in [0.25, 0.3) is 5.89 Å². The van der Waals surface area contributed by atoms with E-state index in [9.17, 15) is 9.70 Å². The van der Waals surface area contributed by atoms with Crippen LogP contribution in [0.4, 0.5) is 0 Å². The summed E-state index contributed by atoms with van der Waals surface area (Å²) in [6, 6.07) is 9.82. The van der Waals surface area contributed by atoms with E-state index in [1.54, 1.807) is 6.92 Å². The van der Waals surface area contributed by atoms with Crippen LogP contribution in [0.1, 0.15) is 67.0 Å². The predicted molar refractivity (Wildman–Crippen MR) is 88.3 cm³/mol. The average molecular weight is 314 g/mol. The highest BCUT2D eigenvalue weighted by Gasteiger charge is 2.16.